The average Bonchev–Trinajstić information content (AvgIpc) is 2.82. The zero-order chi connectivity index (χ0) is 17.9. The summed E-state index contributed by atoms with van der Waals surface area (Å²) in [5.74, 6) is 0.953. The van der Waals surface area contributed by atoms with Crippen LogP contribution in [-0.4, -0.2) is 29.6 Å². The highest BCUT2D eigenvalue weighted by molar-refractivity contribution is 5.85. The van der Waals surface area contributed by atoms with Crippen molar-refractivity contribution >= 4 is 12.4 Å². The molecule has 0 amide bonds. The highest BCUT2D eigenvalue weighted by atomic mass is 35.5. The number of hydrogen-bond donors (Lipinski definition) is 1. The van der Waals surface area contributed by atoms with Crippen LogP contribution in [0.15, 0.2) is 48.5 Å². The first-order chi connectivity index (χ1) is 12.7. The molecule has 0 spiro atoms. The standard InChI is InChI=1S/C23H28FNO.ClH/c24-21-9-7-18(8-10-21)19-11-13-25(14-12-19)16-17-5-6-20-3-1-2-4-22(20)23(26)15-17;/h1-4,7-10,17,19,23,26H,5-6,11-16H2;1H. The van der Waals surface area contributed by atoms with Gasteiger partial charge in [-0.2, -0.15) is 0 Å². The van der Waals surface area contributed by atoms with Gasteiger partial charge >= 0.3 is 0 Å². The molecule has 0 saturated carbocycles. The van der Waals surface area contributed by atoms with E-state index in [9.17, 15) is 9.50 Å². The number of benzene rings is 2. The van der Waals surface area contributed by atoms with E-state index in [0.717, 1.165) is 57.3 Å². The van der Waals surface area contributed by atoms with Crippen LogP contribution in [0.5, 0.6) is 0 Å². The molecule has 1 heterocycles. The summed E-state index contributed by atoms with van der Waals surface area (Å²) in [7, 11) is 0. The molecule has 2 atom stereocenters. The second-order valence-corrected chi connectivity index (χ2v) is 7.98. The topological polar surface area (TPSA) is 23.5 Å². The predicted octanol–water partition coefficient (Wildman–Crippen LogP) is 5.11. The van der Waals surface area contributed by atoms with Crippen molar-refractivity contribution in [2.45, 2.75) is 44.1 Å². The molecular formula is C23H29ClFNO. The first-order valence-corrected chi connectivity index (χ1v) is 9.92. The summed E-state index contributed by atoms with van der Waals surface area (Å²) in [5.41, 5.74) is 3.72. The smallest absolute Gasteiger partial charge is 0.123 e. The van der Waals surface area contributed by atoms with Gasteiger partial charge in [-0.15, -0.1) is 12.4 Å². The van der Waals surface area contributed by atoms with Gasteiger partial charge in [0.15, 0.2) is 0 Å². The number of aliphatic hydroxyl groups excluding tert-OH is 1. The molecule has 1 aliphatic heterocycles. The van der Waals surface area contributed by atoms with Crippen molar-refractivity contribution in [1.29, 1.82) is 0 Å². The number of aryl methyl sites for hydroxylation is 1. The Hall–Kier alpha value is -1.42. The maximum absolute atomic E-state index is 13.1. The number of nitrogens with zero attached hydrogens (tertiary/aromatic N) is 1. The lowest BCUT2D eigenvalue weighted by Crippen LogP contribution is -2.36. The zero-order valence-electron chi connectivity index (χ0n) is 15.7. The Balaban J connectivity index is 0.00000210. The van der Waals surface area contributed by atoms with Gasteiger partial charge in [0.25, 0.3) is 0 Å². The summed E-state index contributed by atoms with van der Waals surface area (Å²) >= 11 is 0. The summed E-state index contributed by atoms with van der Waals surface area (Å²) in [5, 5.41) is 10.6. The maximum Gasteiger partial charge on any atom is 0.123 e. The Morgan fingerprint density at radius 2 is 1.67 bits per heavy atom. The minimum absolute atomic E-state index is 0. The third-order valence-corrected chi connectivity index (χ3v) is 6.24. The van der Waals surface area contributed by atoms with Gasteiger partial charge in [-0.3, -0.25) is 0 Å². The number of piperidine rings is 1. The van der Waals surface area contributed by atoms with E-state index in [0.29, 0.717) is 11.8 Å². The number of hydrogen-bond acceptors (Lipinski definition) is 2. The van der Waals surface area contributed by atoms with E-state index in [1.165, 1.54) is 11.1 Å². The summed E-state index contributed by atoms with van der Waals surface area (Å²) in [6.07, 6.45) is 5.06. The fraction of sp³-hybridized carbons (Fsp3) is 0.478. The van der Waals surface area contributed by atoms with Crippen LogP contribution in [0.25, 0.3) is 0 Å². The van der Waals surface area contributed by atoms with Gasteiger partial charge in [0, 0.05) is 6.54 Å². The van der Waals surface area contributed by atoms with E-state index >= 15 is 0 Å². The third kappa shape index (κ3) is 4.90. The van der Waals surface area contributed by atoms with Crippen LogP contribution in [0.3, 0.4) is 0 Å². The molecule has 1 saturated heterocycles. The molecular weight excluding hydrogens is 361 g/mol. The second-order valence-electron chi connectivity index (χ2n) is 7.98. The summed E-state index contributed by atoms with van der Waals surface area (Å²) in [6.45, 7) is 3.28. The first kappa shape index (κ1) is 20.3. The Morgan fingerprint density at radius 3 is 2.41 bits per heavy atom. The molecule has 146 valence electrons. The molecule has 2 nitrogen and oxygen atoms in total. The lowest BCUT2D eigenvalue weighted by molar-refractivity contribution is 0.117. The predicted molar refractivity (Wildman–Crippen MR) is 110 cm³/mol. The Kier molecular flexibility index (Phi) is 6.91. The molecule has 1 aliphatic carbocycles. The van der Waals surface area contributed by atoms with Crippen LogP contribution in [-0.2, 0) is 6.42 Å². The van der Waals surface area contributed by atoms with E-state index < -0.39 is 0 Å². The molecule has 4 rings (SSSR count). The number of rotatable bonds is 3. The van der Waals surface area contributed by atoms with Gasteiger partial charge in [0.2, 0.25) is 0 Å². The molecule has 0 aromatic heterocycles. The van der Waals surface area contributed by atoms with E-state index in [-0.39, 0.29) is 24.3 Å². The second kappa shape index (κ2) is 9.18. The van der Waals surface area contributed by atoms with Crippen molar-refractivity contribution in [2.75, 3.05) is 19.6 Å². The fourth-order valence-corrected chi connectivity index (χ4v) is 4.72. The quantitative estimate of drug-likeness (QED) is 0.737. The molecule has 1 fully saturated rings. The largest absolute Gasteiger partial charge is 0.388 e. The van der Waals surface area contributed by atoms with Crippen molar-refractivity contribution in [1.82, 2.24) is 4.90 Å². The van der Waals surface area contributed by atoms with E-state index in [1.807, 2.05) is 18.2 Å². The molecule has 4 heteroatoms. The monoisotopic (exact) mass is 389 g/mol. The van der Waals surface area contributed by atoms with Crippen molar-refractivity contribution in [3.05, 3.63) is 71.0 Å². The van der Waals surface area contributed by atoms with Crippen molar-refractivity contribution in [2.24, 2.45) is 5.92 Å². The van der Waals surface area contributed by atoms with Gasteiger partial charge in [0.1, 0.15) is 5.82 Å². The molecule has 27 heavy (non-hydrogen) atoms. The van der Waals surface area contributed by atoms with Crippen LogP contribution in [0, 0.1) is 11.7 Å². The van der Waals surface area contributed by atoms with Crippen molar-refractivity contribution in [3.8, 4) is 0 Å². The van der Waals surface area contributed by atoms with E-state index in [4.69, 9.17) is 0 Å². The van der Waals surface area contributed by atoms with Gasteiger partial charge < -0.3 is 10.0 Å². The Bertz CT molecular complexity index is 727. The zero-order valence-corrected chi connectivity index (χ0v) is 16.5. The SMILES string of the molecule is Cl.OC1CC(CN2CCC(c3ccc(F)cc3)CC2)CCc2ccccc21. The molecule has 2 aliphatic rings. The molecule has 2 aromatic rings. The summed E-state index contributed by atoms with van der Waals surface area (Å²) in [4.78, 5) is 2.56. The summed E-state index contributed by atoms with van der Waals surface area (Å²) in [6, 6.07) is 15.4. The molecule has 2 aromatic carbocycles. The van der Waals surface area contributed by atoms with Crippen LogP contribution in [0.2, 0.25) is 0 Å². The molecule has 0 bridgehead atoms. The van der Waals surface area contributed by atoms with Gasteiger partial charge in [-0.1, -0.05) is 36.4 Å². The molecule has 2 unspecified atom stereocenters. The average molecular weight is 390 g/mol. The van der Waals surface area contributed by atoms with Crippen LogP contribution in [0.4, 0.5) is 4.39 Å². The van der Waals surface area contributed by atoms with Gasteiger partial charge in [0.05, 0.1) is 6.10 Å². The van der Waals surface area contributed by atoms with Gasteiger partial charge in [-0.25, -0.2) is 4.39 Å². The van der Waals surface area contributed by atoms with Crippen LogP contribution < -0.4 is 0 Å². The first-order valence-electron chi connectivity index (χ1n) is 9.92. The van der Waals surface area contributed by atoms with E-state index in [2.05, 4.69) is 23.1 Å². The molecule has 0 radical (unpaired) electrons. The number of likely N-dealkylation sites (tertiary alicyclic amines) is 1. The Labute approximate surface area is 167 Å². The fourth-order valence-electron chi connectivity index (χ4n) is 4.72. The molecule has 1 N–H and O–H groups in total. The number of fused-ring (bicyclic) bond motifs is 1. The normalized spacial score (nSPS) is 23.9. The number of halogens is 2. The number of aliphatic hydroxyl groups is 1. The van der Waals surface area contributed by atoms with Crippen LogP contribution in [0.1, 0.15) is 54.4 Å². The Morgan fingerprint density at radius 1 is 0.963 bits per heavy atom. The lowest BCUT2D eigenvalue weighted by Gasteiger charge is -2.34. The highest BCUT2D eigenvalue weighted by Crippen LogP contribution is 2.34. The lowest BCUT2D eigenvalue weighted by atomic mass is 9.88. The minimum Gasteiger partial charge on any atom is -0.388 e. The maximum atomic E-state index is 13.1. The minimum atomic E-state index is -0.324. The van der Waals surface area contributed by atoms with Gasteiger partial charge in [-0.05, 0) is 85.9 Å². The van der Waals surface area contributed by atoms with Crippen molar-refractivity contribution in [3.63, 3.8) is 0 Å². The summed E-state index contributed by atoms with van der Waals surface area (Å²) < 4.78 is 13.1. The third-order valence-electron chi connectivity index (χ3n) is 6.24. The van der Waals surface area contributed by atoms with E-state index in [1.54, 1.807) is 12.1 Å². The van der Waals surface area contributed by atoms with Crippen LogP contribution >= 0.6 is 12.4 Å². The highest BCUT2D eigenvalue weighted by Gasteiger charge is 2.26. The van der Waals surface area contributed by atoms with Crippen molar-refractivity contribution < 1.29 is 9.50 Å².